The van der Waals surface area contributed by atoms with E-state index in [1.54, 1.807) is 0 Å². The molecular weight excluding hydrogens is 374 g/mol. The van der Waals surface area contributed by atoms with Gasteiger partial charge in [0, 0.05) is 5.56 Å². The molecule has 1 rings (SSSR count). The van der Waals surface area contributed by atoms with Gasteiger partial charge in [-0.1, -0.05) is 0 Å². The Kier molecular flexibility index (Phi) is 4.51. The Morgan fingerprint density at radius 3 is 2.28 bits per heavy atom. The first kappa shape index (κ1) is 15.1. The molecule has 0 amide bonds. The quantitative estimate of drug-likeness (QED) is 0.448. The Bertz CT molecular complexity index is 470. The number of halogens is 6. The molecule has 0 aliphatic carbocycles. The highest BCUT2D eigenvalue weighted by Crippen LogP contribution is 2.42. The van der Waals surface area contributed by atoms with Crippen LogP contribution in [0.15, 0.2) is 12.1 Å². The molecule has 1 aromatic rings. The third-order valence-corrected chi connectivity index (χ3v) is 2.83. The molecule has 0 radical (unpaired) electrons. The van der Waals surface area contributed by atoms with Crippen molar-refractivity contribution >= 4 is 28.4 Å². The zero-order valence-electron chi connectivity index (χ0n) is 8.82. The Hall–Kier alpha value is -0.930. The normalized spacial score (nSPS) is 11.8. The van der Waals surface area contributed by atoms with Gasteiger partial charge in [0.05, 0.1) is 3.57 Å². The summed E-state index contributed by atoms with van der Waals surface area (Å²) in [5.74, 6) is -1.90. The monoisotopic (exact) mass is 380 g/mol. The van der Waals surface area contributed by atoms with Crippen molar-refractivity contribution in [1.82, 2.24) is 0 Å². The summed E-state index contributed by atoms with van der Waals surface area (Å²) in [5.41, 5.74) is -2.17. The number of hydrogen-bond donors (Lipinski definition) is 0. The van der Waals surface area contributed by atoms with Gasteiger partial charge in [0.15, 0.2) is 11.5 Å². The predicted octanol–water partition coefficient (Wildman–Crippen LogP) is 4.11. The molecule has 0 fully saturated rings. The molecule has 0 spiro atoms. The maximum absolute atomic E-state index is 12.8. The number of Topliss-reactive ketones (excluding diaryl/α,β-unsaturated/α-hetero) is 1. The summed E-state index contributed by atoms with van der Waals surface area (Å²) < 4.78 is 66.4. The Labute approximate surface area is 112 Å². The van der Waals surface area contributed by atoms with Gasteiger partial charge in [-0.15, -0.1) is 0 Å². The van der Waals surface area contributed by atoms with Crippen LogP contribution in [0.3, 0.4) is 0 Å². The number of benzene rings is 1. The molecule has 0 N–H and O–H groups in total. The van der Waals surface area contributed by atoms with E-state index in [4.69, 9.17) is 0 Å². The summed E-state index contributed by atoms with van der Waals surface area (Å²) in [7, 11) is 0. The van der Waals surface area contributed by atoms with Crippen molar-refractivity contribution in [3.8, 4) is 5.75 Å². The Balaban J connectivity index is 3.56. The maximum atomic E-state index is 12.8. The average molecular weight is 380 g/mol. The van der Waals surface area contributed by atoms with E-state index in [1.807, 2.05) is 0 Å². The van der Waals surface area contributed by atoms with E-state index in [-0.39, 0.29) is 3.57 Å². The second kappa shape index (κ2) is 5.37. The smallest absolute Gasteiger partial charge is 0.420 e. The molecule has 0 unspecified atom stereocenters. The van der Waals surface area contributed by atoms with E-state index < -0.39 is 35.4 Å². The fourth-order valence-corrected chi connectivity index (χ4v) is 1.91. The van der Waals surface area contributed by atoms with Gasteiger partial charge in [0.1, 0.15) is 5.56 Å². The van der Waals surface area contributed by atoms with E-state index in [2.05, 4.69) is 4.74 Å². The lowest BCUT2D eigenvalue weighted by atomic mass is 10.0. The number of carbonyl (C=O) groups is 1. The largest absolute Gasteiger partial charge is 0.433 e. The average Bonchev–Trinajstić information content (AvgIpc) is 2.17. The predicted molar refractivity (Wildman–Crippen MR) is 60.8 cm³/mol. The summed E-state index contributed by atoms with van der Waals surface area (Å²) >= 11 is 1.43. The molecule has 100 valence electrons. The number of alkyl halides is 5. The highest BCUT2D eigenvalue weighted by molar-refractivity contribution is 14.1. The highest BCUT2D eigenvalue weighted by Gasteiger charge is 2.39. The van der Waals surface area contributed by atoms with E-state index in [0.29, 0.717) is 0 Å². The van der Waals surface area contributed by atoms with Crippen LogP contribution < -0.4 is 4.74 Å². The van der Waals surface area contributed by atoms with Gasteiger partial charge < -0.3 is 4.74 Å². The van der Waals surface area contributed by atoms with Gasteiger partial charge in [0.2, 0.25) is 0 Å². The third-order valence-electron chi connectivity index (χ3n) is 1.98. The van der Waals surface area contributed by atoms with Crippen LogP contribution in [0.25, 0.3) is 0 Å². The molecule has 0 aliphatic heterocycles. The summed E-state index contributed by atoms with van der Waals surface area (Å²) in [4.78, 5) is 11.1. The van der Waals surface area contributed by atoms with Gasteiger partial charge in [-0.05, 0) is 41.6 Å². The summed E-state index contributed by atoms with van der Waals surface area (Å²) in [6, 6.07) is 2.05. The van der Waals surface area contributed by atoms with Crippen LogP contribution >= 0.6 is 22.6 Å². The fourth-order valence-electron chi connectivity index (χ4n) is 1.34. The third kappa shape index (κ3) is 3.30. The van der Waals surface area contributed by atoms with E-state index >= 15 is 0 Å². The van der Waals surface area contributed by atoms with Gasteiger partial charge in [-0.25, -0.2) is 0 Å². The van der Waals surface area contributed by atoms with Crippen molar-refractivity contribution in [2.45, 2.75) is 19.7 Å². The van der Waals surface area contributed by atoms with E-state index in [0.717, 1.165) is 19.1 Å². The minimum absolute atomic E-state index is 0.148. The second-order valence-corrected chi connectivity index (χ2v) is 4.39. The fraction of sp³-hybridized carbons (Fsp3) is 0.300. The van der Waals surface area contributed by atoms with Crippen LogP contribution in [0.5, 0.6) is 5.75 Å². The molecule has 0 atom stereocenters. The molecule has 0 heterocycles. The molecule has 2 nitrogen and oxygen atoms in total. The lowest BCUT2D eigenvalue weighted by molar-refractivity contribution is -0.142. The van der Waals surface area contributed by atoms with Crippen LogP contribution in [0.2, 0.25) is 0 Å². The maximum Gasteiger partial charge on any atom is 0.420 e. The van der Waals surface area contributed by atoms with Gasteiger partial charge in [-0.3, -0.25) is 4.79 Å². The first-order valence-corrected chi connectivity index (χ1v) is 5.58. The van der Waals surface area contributed by atoms with Crippen LogP contribution in [0, 0.1) is 3.57 Å². The zero-order valence-corrected chi connectivity index (χ0v) is 11.0. The molecular formula is C10H6F5IO2. The Morgan fingerprint density at radius 2 is 1.89 bits per heavy atom. The topological polar surface area (TPSA) is 26.3 Å². The van der Waals surface area contributed by atoms with Crippen LogP contribution in [-0.4, -0.2) is 12.4 Å². The van der Waals surface area contributed by atoms with Crippen molar-refractivity contribution in [3.63, 3.8) is 0 Å². The Morgan fingerprint density at radius 1 is 1.33 bits per heavy atom. The van der Waals surface area contributed by atoms with Crippen molar-refractivity contribution in [2.24, 2.45) is 0 Å². The van der Waals surface area contributed by atoms with Crippen molar-refractivity contribution in [1.29, 1.82) is 0 Å². The molecule has 0 aromatic heterocycles. The highest BCUT2D eigenvalue weighted by atomic mass is 127. The number of rotatable bonds is 3. The summed E-state index contributed by atoms with van der Waals surface area (Å²) in [5, 5.41) is 0. The second-order valence-electron chi connectivity index (χ2n) is 3.23. The number of hydrogen-bond acceptors (Lipinski definition) is 2. The zero-order chi connectivity index (χ0) is 14.1. The van der Waals surface area contributed by atoms with E-state index in [9.17, 15) is 26.7 Å². The minimum atomic E-state index is -4.95. The standard InChI is InChI=1S/C10H6F5IO2/c1-4(17)5-2-3-6(16)8(18-9(11)12)7(5)10(13,14)15/h2-3,9H,1H3. The van der Waals surface area contributed by atoms with Gasteiger partial charge in [-0.2, -0.15) is 22.0 Å². The van der Waals surface area contributed by atoms with Crippen molar-refractivity contribution < 1.29 is 31.5 Å². The van der Waals surface area contributed by atoms with Crippen LogP contribution in [0.1, 0.15) is 22.8 Å². The summed E-state index contributed by atoms with van der Waals surface area (Å²) in [6.45, 7) is -2.48. The SMILES string of the molecule is CC(=O)c1ccc(I)c(OC(F)F)c1C(F)(F)F. The first-order valence-electron chi connectivity index (χ1n) is 4.50. The lowest BCUT2D eigenvalue weighted by Crippen LogP contribution is -2.17. The number of ether oxygens (including phenoxy) is 1. The molecule has 0 saturated carbocycles. The molecule has 8 heteroatoms. The van der Waals surface area contributed by atoms with Crippen molar-refractivity contribution in [3.05, 3.63) is 26.8 Å². The van der Waals surface area contributed by atoms with Crippen LogP contribution in [0.4, 0.5) is 22.0 Å². The minimum Gasteiger partial charge on any atom is -0.433 e. The molecule has 0 aliphatic rings. The van der Waals surface area contributed by atoms with Crippen molar-refractivity contribution in [2.75, 3.05) is 0 Å². The molecule has 0 bridgehead atoms. The summed E-state index contributed by atoms with van der Waals surface area (Å²) in [6.07, 6.45) is -4.95. The molecule has 1 aromatic carbocycles. The van der Waals surface area contributed by atoms with Gasteiger partial charge in [0.25, 0.3) is 0 Å². The van der Waals surface area contributed by atoms with E-state index in [1.165, 1.54) is 22.6 Å². The number of ketones is 1. The lowest BCUT2D eigenvalue weighted by Gasteiger charge is -2.17. The number of carbonyl (C=O) groups excluding carboxylic acids is 1. The molecule has 18 heavy (non-hydrogen) atoms. The van der Waals surface area contributed by atoms with Gasteiger partial charge >= 0.3 is 12.8 Å². The van der Waals surface area contributed by atoms with Crippen LogP contribution in [-0.2, 0) is 6.18 Å². The molecule has 0 saturated heterocycles. The first-order chi connectivity index (χ1) is 8.14.